The molecule has 1 aliphatic rings. The summed E-state index contributed by atoms with van der Waals surface area (Å²) in [6.45, 7) is 0. The number of alkyl halides is 3. The van der Waals surface area contributed by atoms with E-state index in [9.17, 15) is 23.3 Å². The summed E-state index contributed by atoms with van der Waals surface area (Å²) in [6, 6.07) is 2.99. The Kier molecular flexibility index (Phi) is 4.73. The fourth-order valence-electron chi connectivity index (χ4n) is 3.17. The number of anilines is 1. The van der Waals surface area contributed by atoms with Gasteiger partial charge < -0.3 is 5.32 Å². The van der Waals surface area contributed by atoms with Gasteiger partial charge >= 0.3 is 11.9 Å². The van der Waals surface area contributed by atoms with Gasteiger partial charge in [-0.05, 0) is 31.0 Å². The van der Waals surface area contributed by atoms with Crippen molar-refractivity contribution in [2.45, 2.75) is 44.3 Å². The molecule has 1 fully saturated rings. The molecule has 1 N–H and O–H groups in total. The number of halogens is 4. The molecular weight excluding hydrogens is 359 g/mol. The molecule has 0 bridgehead atoms. The molecule has 1 aliphatic carbocycles. The predicted molar refractivity (Wildman–Crippen MR) is 88.9 cm³/mol. The summed E-state index contributed by atoms with van der Waals surface area (Å²) >= 11 is 5.91. The van der Waals surface area contributed by atoms with Crippen molar-refractivity contribution in [1.82, 2.24) is 4.98 Å². The fraction of sp³-hybridized carbons (Fsp3) is 0.438. The van der Waals surface area contributed by atoms with Crippen molar-refractivity contribution in [3.8, 4) is 0 Å². The highest BCUT2D eigenvalue weighted by Gasteiger charge is 2.32. The first-order valence-electron chi connectivity index (χ1n) is 7.89. The maximum atomic E-state index is 12.9. The maximum absolute atomic E-state index is 12.9. The van der Waals surface area contributed by atoms with Gasteiger partial charge in [0.2, 0.25) is 5.15 Å². The van der Waals surface area contributed by atoms with Crippen LogP contribution in [0.2, 0.25) is 5.15 Å². The molecule has 9 heteroatoms. The third-order valence-corrected chi connectivity index (χ3v) is 4.64. The van der Waals surface area contributed by atoms with Crippen molar-refractivity contribution >= 4 is 33.9 Å². The summed E-state index contributed by atoms with van der Waals surface area (Å²) < 4.78 is 38.7. The van der Waals surface area contributed by atoms with E-state index in [1.165, 1.54) is 6.07 Å². The fourth-order valence-corrected chi connectivity index (χ4v) is 3.42. The molecule has 0 unspecified atom stereocenters. The SMILES string of the molecule is O=[N+]([O-])c1c(Cl)nc2cc(C(F)(F)F)ccc2c1NC1CCCCC1. The highest BCUT2D eigenvalue weighted by atomic mass is 35.5. The van der Waals surface area contributed by atoms with E-state index in [0.717, 1.165) is 44.2 Å². The van der Waals surface area contributed by atoms with Gasteiger partial charge in [0.15, 0.2) is 0 Å². The molecule has 0 amide bonds. The minimum absolute atomic E-state index is 0.0243. The van der Waals surface area contributed by atoms with Crippen LogP contribution in [-0.2, 0) is 6.18 Å². The second-order valence-corrected chi connectivity index (χ2v) is 6.45. The molecule has 3 rings (SSSR count). The molecule has 2 aromatic rings. The topological polar surface area (TPSA) is 68.1 Å². The van der Waals surface area contributed by atoms with Crippen LogP contribution >= 0.6 is 11.6 Å². The molecule has 0 radical (unpaired) electrons. The van der Waals surface area contributed by atoms with Crippen molar-refractivity contribution in [3.05, 3.63) is 39.0 Å². The summed E-state index contributed by atoms with van der Waals surface area (Å²) in [4.78, 5) is 14.6. The lowest BCUT2D eigenvalue weighted by Gasteiger charge is -2.24. The molecule has 0 aliphatic heterocycles. The average Bonchev–Trinajstić information content (AvgIpc) is 2.54. The van der Waals surface area contributed by atoms with Gasteiger partial charge in [-0.2, -0.15) is 13.2 Å². The van der Waals surface area contributed by atoms with E-state index in [0.29, 0.717) is 0 Å². The van der Waals surface area contributed by atoms with Gasteiger partial charge in [-0.1, -0.05) is 30.9 Å². The third kappa shape index (κ3) is 3.63. The Labute approximate surface area is 146 Å². The molecule has 25 heavy (non-hydrogen) atoms. The van der Waals surface area contributed by atoms with Crippen LogP contribution in [0, 0.1) is 10.1 Å². The Morgan fingerprint density at radius 1 is 1.24 bits per heavy atom. The summed E-state index contributed by atoms with van der Waals surface area (Å²) in [6.07, 6.45) is 0.271. The van der Waals surface area contributed by atoms with Crippen LogP contribution < -0.4 is 5.32 Å². The first-order valence-corrected chi connectivity index (χ1v) is 8.26. The van der Waals surface area contributed by atoms with Crippen molar-refractivity contribution in [3.63, 3.8) is 0 Å². The van der Waals surface area contributed by atoms with Crippen LogP contribution in [0.15, 0.2) is 18.2 Å². The van der Waals surface area contributed by atoms with Gasteiger partial charge in [-0.15, -0.1) is 0 Å². The minimum atomic E-state index is -4.53. The van der Waals surface area contributed by atoms with Gasteiger partial charge in [0, 0.05) is 11.4 Å². The van der Waals surface area contributed by atoms with Gasteiger partial charge in [-0.25, -0.2) is 4.98 Å². The smallest absolute Gasteiger partial charge is 0.376 e. The summed E-state index contributed by atoms with van der Waals surface area (Å²) in [5.74, 6) is 0. The number of benzene rings is 1. The van der Waals surface area contributed by atoms with Gasteiger partial charge in [0.25, 0.3) is 0 Å². The number of hydrogen-bond acceptors (Lipinski definition) is 4. The number of rotatable bonds is 3. The Morgan fingerprint density at radius 2 is 1.92 bits per heavy atom. The largest absolute Gasteiger partial charge is 0.416 e. The highest BCUT2D eigenvalue weighted by Crippen LogP contribution is 2.40. The first kappa shape index (κ1) is 17.7. The predicted octanol–water partition coefficient (Wildman–Crippen LogP) is 5.56. The second kappa shape index (κ2) is 6.67. The highest BCUT2D eigenvalue weighted by molar-refractivity contribution is 6.33. The van der Waals surface area contributed by atoms with Crippen molar-refractivity contribution in [2.75, 3.05) is 5.32 Å². The number of pyridine rings is 1. The number of nitro groups is 1. The van der Waals surface area contributed by atoms with Crippen LogP contribution in [0.1, 0.15) is 37.7 Å². The molecule has 5 nitrogen and oxygen atoms in total. The maximum Gasteiger partial charge on any atom is 0.416 e. The van der Waals surface area contributed by atoms with E-state index < -0.39 is 27.5 Å². The Balaban J connectivity index is 2.15. The van der Waals surface area contributed by atoms with E-state index in [2.05, 4.69) is 10.3 Å². The molecule has 0 saturated heterocycles. The zero-order valence-corrected chi connectivity index (χ0v) is 13.8. The molecule has 1 aromatic carbocycles. The minimum Gasteiger partial charge on any atom is -0.376 e. The molecule has 0 atom stereocenters. The van der Waals surface area contributed by atoms with E-state index in [-0.39, 0.29) is 22.6 Å². The van der Waals surface area contributed by atoms with E-state index >= 15 is 0 Å². The first-order chi connectivity index (χ1) is 11.8. The van der Waals surface area contributed by atoms with Gasteiger partial charge in [-0.3, -0.25) is 10.1 Å². The third-order valence-electron chi connectivity index (χ3n) is 4.38. The molecule has 0 spiro atoms. The zero-order chi connectivity index (χ0) is 18.2. The van der Waals surface area contributed by atoms with Crippen LogP contribution in [0.25, 0.3) is 10.9 Å². The normalized spacial score (nSPS) is 16.2. The lowest BCUT2D eigenvalue weighted by Crippen LogP contribution is -2.23. The number of aromatic nitrogens is 1. The number of hydrogen-bond donors (Lipinski definition) is 1. The zero-order valence-electron chi connectivity index (χ0n) is 13.1. The number of fused-ring (bicyclic) bond motifs is 1. The monoisotopic (exact) mass is 373 g/mol. The van der Waals surface area contributed by atoms with Crippen molar-refractivity contribution in [2.24, 2.45) is 0 Å². The standard InChI is InChI=1S/C16H15ClF3N3O2/c17-15-14(23(24)25)13(21-10-4-2-1-3-5-10)11-7-6-9(16(18,19)20)8-12(11)22-15/h6-8,10H,1-5H2,(H,21,22). The van der Waals surface area contributed by atoms with Crippen LogP contribution in [-0.4, -0.2) is 15.9 Å². The van der Waals surface area contributed by atoms with Gasteiger partial charge in [0.05, 0.1) is 16.0 Å². The summed E-state index contributed by atoms with van der Waals surface area (Å²) in [5, 5.41) is 14.4. The van der Waals surface area contributed by atoms with Crippen molar-refractivity contribution < 1.29 is 18.1 Å². The molecule has 1 aromatic heterocycles. The Hall–Kier alpha value is -2.09. The van der Waals surface area contributed by atoms with Crippen LogP contribution in [0.4, 0.5) is 24.5 Å². The Bertz CT molecular complexity index is 820. The lowest BCUT2D eigenvalue weighted by atomic mass is 9.95. The molecular formula is C16H15ClF3N3O2. The molecule has 1 heterocycles. The quantitative estimate of drug-likeness (QED) is 0.434. The second-order valence-electron chi connectivity index (χ2n) is 6.09. The van der Waals surface area contributed by atoms with E-state index in [1.807, 2.05) is 0 Å². The Morgan fingerprint density at radius 3 is 2.52 bits per heavy atom. The van der Waals surface area contributed by atoms with Crippen molar-refractivity contribution in [1.29, 1.82) is 0 Å². The number of nitrogens with one attached hydrogen (secondary N) is 1. The van der Waals surface area contributed by atoms with Crippen LogP contribution in [0.5, 0.6) is 0 Å². The van der Waals surface area contributed by atoms with E-state index in [4.69, 9.17) is 11.6 Å². The van der Waals surface area contributed by atoms with Gasteiger partial charge in [0.1, 0.15) is 5.69 Å². The number of nitrogens with zero attached hydrogens (tertiary/aromatic N) is 2. The summed E-state index contributed by atoms with van der Waals surface area (Å²) in [5.41, 5.74) is -1.16. The lowest BCUT2D eigenvalue weighted by molar-refractivity contribution is -0.384. The van der Waals surface area contributed by atoms with E-state index in [1.54, 1.807) is 0 Å². The molecule has 1 saturated carbocycles. The average molecular weight is 374 g/mol. The van der Waals surface area contributed by atoms with Crippen LogP contribution in [0.3, 0.4) is 0 Å². The molecule has 134 valence electrons. The summed E-state index contributed by atoms with van der Waals surface area (Å²) in [7, 11) is 0.